The molecule has 6 heteroatoms. The molecule has 2 fully saturated rings. The molecule has 2 saturated heterocycles. The Bertz CT molecular complexity index is 422. The fourth-order valence-electron chi connectivity index (χ4n) is 2.72. The predicted octanol–water partition coefficient (Wildman–Crippen LogP) is 0.645. The molecule has 2 atom stereocenters. The van der Waals surface area contributed by atoms with Gasteiger partial charge in [-0.2, -0.15) is 0 Å². The Morgan fingerprint density at radius 2 is 2.06 bits per heavy atom. The van der Waals surface area contributed by atoms with Gasteiger partial charge in [0.25, 0.3) is 5.69 Å². The SMILES string of the molecule is O=[N+]([O-])c1ccc(N2C[C@H]3CNC[C@H]3C2)nc1. The molecule has 1 aromatic rings. The van der Waals surface area contributed by atoms with Crippen LogP contribution in [0.25, 0.3) is 0 Å². The topological polar surface area (TPSA) is 71.3 Å². The van der Waals surface area contributed by atoms with Gasteiger partial charge >= 0.3 is 0 Å². The monoisotopic (exact) mass is 234 g/mol. The number of fused-ring (bicyclic) bond motifs is 1. The third-order valence-electron chi connectivity index (χ3n) is 3.66. The maximum atomic E-state index is 10.5. The standard InChI is InChI=1S/C11H14N4O2/c16-15(17)10-1-2-11(13-5-10)14-6-8-3-12-4-9(8)7-14/h1-2,5,8-9,12H,3-4,6-7H2/t8-,9+. The smallest absolute Gasteiger partial charge is 0.287 e. The Kier molecular flexibility index (Phi) is 2.44. The molecule has 17 heavy (non-hydrogen) atoms. The lowest BCUT2D eigenvalue weighted by Gasteiger charge is -2.17. The number of nitrogens with one attached hydrogen (secondary N) is 1. The van der Waals surface area contributed by atoms with Crippen molar-refractivity contribution in [2.75, 3.05) is 31.1 Å². The second-order valence-electron chi connectivity index (χ2n) is 4.72. The second-order valence-corrected chi connectivity index (χ2v) is 4.72. The minimum atomic E-state index is -0.417. The number of anilines is 1. The van der Waals surface area contributed by atoms with Crippen LogP contribution in [0.2, 0.25) is 0 Å². The Labute approximate surface area is 98.8 Å². The van der Waals surface area contributed by atoms with Crippen LogP contribution in [0.1, 0.15) is 0 Å². The third kappa shape index (κ3) is 1.84. The zero-order chi connectivity index (χ0) is 11.8. The molecule has 2 aliphatic rings. The molecular formula is C11H14N4O2. The van der Waals surface area contributed by atoms with Gasteiger partial charge in [0.1, 0.15) is 12.0 Å². The van der Waals surface area contributed by atoms with Crippen LogP contribution in [0, 0.1) is 22.0 Å². The van der Waals surface area contributed by atoms with E-state index in [9.17, 15) is 10.1 Å². The molecule has 0 aromatic carbocycles. The molecule has 0 spiro atoms. The summed E-state index contributed by atoms with van der Waals surface area (Å²) in [7, 11) is 0. The Hall–Kier alpha value is -1.69. The van der Waals surface area contributed by atoms with Crippen LogP contribution in [0.5, 0.6) is 0 Å². The van der Waals surface area contributed by atoms with E-state index in [1.54, 1.807) is 6.07 Å². The van der Waals surface area contributed by atoms with Crippen molar-refractivity contribution in [3.05, 3.63) is 28.4 Å². The zero-order valence-corrected chi connectivity index (χ0v) is 9.37. The summed E-state index contributed by atoms with van der Waals surface area (Å²) < 4.78 is 0. The molecule has 0 aliphatic carbocycles. The first-order chi connectivity index (χ1) is 8.24. The highest BCUT2D eigenvalue weighted by Gasteiger charge is 2.36. The number of hydrogen-bond acceptors (Lipinski definition) is 5. The summed E-state index contributed by atoms with van der Waals surface area (Å²) in [6.45, 7) is 4.16. The summed E-state index contributed by atoms with van der Waals surface area (Å²) in [5, 5.41) is 13.9. The maximum absolute atomic E-state index is 10.5. The van der Waals surface area contributed by atoms with E-state index >= 15 is 0 Å². The minimum absolute atomic E-state index is 0.0507. The first-order valence-electron chi connectivity index (χ1n) is 5.80. The van der Waals surface area contributed by atoms with Gasteiger partial charge in [0, 0.05) is 32.2 Å². The molecule has 3 heterocycles. The number of nitrogens with zero attached hydrogens (tertiary/aromatic N) is 3. The van der Waals surface area contributed by atoms with Crippen LogP contribution in [0.15, 0.2) is 18.3 Å². The van der Waals surface area contributed by atoms with Gasteiger partial charge in [-0.05, 0) is 17.9 Å². The predicted molar refractivity (Wildman–Crippen MR) is 63.0 cm³/mol. The van der Waals surface area contributed by atoms with E-state index in [2.05, 4.69) is 15.2 Å². The van der Waals surface area contributed by atoms with Gasteiger partial charge in [0.15, 0.2) is 0 Å². The van der Waals surface area contributed by atoms with Crippen LogP contribution in [0.3, 0.4) is 0 Å². The lowest BCUT2D eigenvalue weighted by atomic mass is 10.0. The average molecular weight is 234 g/mol. The largest absolute Gasteiger partial charge is 0.356 e. The van der Waals surface area contributed by atoms with E-state index in [1.165, 1.54) is 12.3 Å². The Morgan fingerprint density at radius 1 is 1.35 bits per heavy atom. The molecule has 6 nitrogen and oxygen atoms in total. The van der Waals surface area contributed by atoms with Crippen LogP contribution in [0.4, 0.5) is 11.5 Å². The highest BCUT2D eigenvalue weighted by Crippen LogP contribution is 2.29. The zero-order valence-electron chi connectivity index (χ0n) is 9.37. The lowest BCUT2D eigenvalue weighted by molar-refractivity contribution is -0.385. The van der Waals surface area contributed by atoms with Gasteiger partial charge in [-0.25, -0.2) is 4.98 Å². The van der Waals surface area contributed by atoms with E-state index in [0.717, 1.165) is 32.0 Å². The van der Waals surface area contributed by atoms with Gasteiger partial charge in [0.2, 0.25) is 0 Å². The van der Waals surface area contributed by atoms with Crippen LogP contribution in [-0.4, -0.2) is 36.1 Å². The summed E-state index contributed by atoms with van der Waals surface area (Å²) >= 11 is 0. The van der Waals surface area contributed by atoms with Crippen LogP contribution >= 0.6 is 0 Å². The molecule has 90 valence electrons. The van der Waals surface area contributed by atoms with Crippen molar-refractivity contribution >= 4 is 11.5 Å². The number of nitro groups is 1. The molecular weight excluding hydrogens is 220 g/mol. The van der Waals surface area contributed by atoms with E-state index in [4.69, 9.17) is 0 Å². The molecule has 0 bridgehead atoms. The molecule has 0 saturated carbocycles. The van der Waals surface area contributed by atoms with Crippen molar-refractivity contribution in [2.45, 2.75) is 0 Å². The summed E-state index contributed by atoms with van der Waals surface area (Å²) in [5.74, 6) is 2.25. The molecule has 0 radical (unpaired) electrons. The van der Waals surface area contributed by atoms with Gasteiger partial charge in [-0.1, -0.05) is 0 Å². The number of hydrogen-bond donors (Lipinski definition) is 1. The van der Waals surface area contributed by atoms with Crippen molar-refractivity contribution in [2.24, 2.45) is 11.8 Å². The van der Waals surface area contributed by atoms with E-state index in [0.29, 0.717) is 11.8 Å². The molecule has 1 aromatic heterocycles. The normalized spacial score (nSPS) is 27.2. The molecule has 1 N–H and O–H groups in total. The van der Waals surface area contributed by atoms with E-state index < -0.39 is 4.92 Å². The minimum Gasteiger partial charge on any atom is -0.356 e. The molecule has 2 aliphatic heterocycles. The van der Waals surface area contributed by atoms with Gasteiger partial charge in [-0.15, -0.1) is 0 Å². The van der Waals surface area contributed by atoms with Crippen LogP contribution < -0.4 is 10.2 Å². The summed E-state index contributed by atoms with van der Waals surface area (Å²) in [5.41, 5.74) is 0.0507. The maximum Gasteiger partial charge on any atom is 0.287 e. The first-order valence-corrected chi connectivity index (χ1v) is 5.80. The molecule has 3 rings (SSSR count). The lowest BCUT2D eigenvalue weighted by Crippen LogP contribution is -2.26. The highest BCUT2D eigenvalue weighted by atomic mass is 16.6. The average Bonchev–Trinajstić information content (AvgIpc) is 2.89. The number of aromatic nitrogens is 1. The number of rotatable bonds is 2. The highest BCUT2D eigenvalue weighted by molar-refractivity contribution is 5.44. The summed E-state index contributed by atoms with van der Waals surface area (Å²) in [6.07, 6.45) is 1.34. The van der Waals surface area contributed by atoms with Crippen molar-refractivity contribution < 1.29 is 4.92 Å². The fourth-order valence-corrected chi connectivity index (χ4v) is 2.72. The van der Waals surface area contributed by atoms with Crippen molar-refractivity contribution in [3.8, 4) is 0 Å². The van der Waals surface area contributed by atoms with Crippen molar-refractivity contribution in [3.63, 3.8) is 0 Å². The van der Waals surface area contributed by atoms with E-state index in [1.807, 2.05) is 0 Å². The van der Waals surface area contributed by atoms with Crippen molar-refractivity contribution in [1.82, 2.24) is 10.3 Å². The summed E-state index contributed by atoms with van der Waals surface area (Å²) in [4.78, 5) is 16.5. The van der Waals surface area contributed by atoms with Crippen LogP contribution in [-0.2, 0) is 0 Å². The number of pyridine rings is 1. The third-order valence-corrected chi connectivity index (χ3v) is 3.66. The van der Waals surface area contributed by atoms with Crippen molar-refractivity contribution in [1.29, 1.82) is 0 Å². The van der Waals surface area contributed by atoms with Gasteiger partial charge < -0.3 is 10.2 Å². The van der Waals surface area contributed by atoms with E-state index in [-0.39, 0.29) is 5.69 Å². The Morgan fingerprint density at radius 3 is 2.59 bits per heavy atom. The fraction of sp³-hybridized carbons (Fsp3) is 0.545. The first kappa shape index (κ1) is 10.5. The molecule has 0 amide bonds. The Balaban J connectivity index is 1.75. The molecule has 0 unspecified atom stereocenters. The summed E-state index contributed by atoms with van der Waals surface area (Å²) in [6, 6.07) is 3.27. The van der Waals surface area contributed by atoms with Gasteiger partial charge in [0.05, 0.1) is 4.92 Å². The second kappa shape index (κ2) is 3.96. The van der Waals surface area contributed by atoms with Gasteiger partial charge in [-0.3, -0.25) is 10.1 Å². The quantitative estimate of drug-likeness (QED) is 0.600.